The molecule has 2 aromatic heterocycles. The van der Waals surface area contributed by atoms with Gasteiger partial charge in [-0.2, -0.15) is 0 Å². The summed E-state index contributed by atoms with van der Waals surface area (Å²) in [7, 11) is 1.48. The Morgan fingerprint density at radius 2 is 2.17 bits per heavy atom. The zero-order valence-corrected chi connectivity index (χ0v) is 16.1. The van der Waals surface area contributed by atoms with Crippen LogP contribution < -0.4 is 0 Å². The predicted octanol–water partition coefficient (Wildman–Crippen LogP) is 5.33. The third-order valence-electron chi connectivity index (χ3n) is 3.61. The Hall–Kier alpha value is -1.56. The van der Waals surface area contributed by atoms with E-state index in [2.05, 4.69) is 35.7 Å². The maximum absolute atomic E-state index is 7.74. The third-order valence-corrected chi connectivity index (χ3v) is 4.69. The third kappa shape index (κ3) is 3.58. The van der Waals surface area contributed by atoms with Crippen LogP contribution in [0.25, 0.3) is 16.0 Å². The largest absolute Gasteiger partial charge is 0.480 e. The molecule has 128 valence electrons. The first-order valence-corrected chi connectivity index (χ1v) is 8.63. The molecule has 0 bridgehead atoms. The minimum atomic E-state index is 0. The van der Waals surface area contributed by atoms with Gasteiger partial charge in [0.1, 0.15) is 5.69 Å². The van der Waals surface area contributed by atoms with E-state index in [1.807, 2.05) is 17.5 Å². The maximum Gasteiger partial charge on any atom is 0.233 e. The van der Waals surface area contributed by atoms with Gasteiger partial charge >= 0.3 is 0 Å². The second kappa shape index (κ2) is 7.55. The lowest BCUT2D eigenvalue weighted by atomic mass is 10.0. The van der Waals surface area contributed by atoms with E-state index in [0.717, 1.165) is 17.1 Å². The monoisotopic (exact) mass is 383 g/mol. The summed E-state index contributed by atoms with van der Waals surface area (Å²) >= 11 is 7.67. The van der Waals surface area contributed by atoms with Crippen molar-refractivity contribution < 1.29 is 4.74 Å². The summed E-state index contributed by atoms with van der Waals surface area (Å²) in [5.74, 6) is 0.641. The van der Waals surface area contributed by atoms with Crippen LogP contribution in [0.5, 0.6) is 0 Å². The van der Waals surface area contributed by atoms with Crippen molar-refractivity contribution in [2.24, 2.45) is 5.92 Å². The van der Waals surface area contributed by atoms with Crippen molar-refractivity contribution in [3.05, 3.63) is 46.1 Å². The second-order valence-corrected chi connectivity index (χ2v) is 7.11. The van der Waals surface area contributed by atoms with Crippen LogP contribution in [0, 0.1) is 11.3 Å². The van der Waals surface area contributed by atoms with Crippen molar-refractivity contribution in [3.8, 4) is 5.13 Å². The van der Waals surface area contributed by atoms with Gasteiger partial charge in [0.15, 0.2) is 5.13 Å². The Morgan fingerprint density at radius 1 is 1.42 bits per heavy atom. The number of hydrogen-bond donors (Lipinski definition) is 1. The van der Waals surface area contributed by atoms with Crippen molar-refractivity contribution in [2.45, 2.75) is 20.3 Å². The SMILES string of the molecule is COC(=N)c1csc(-n2cc(CC(C)C)c3ccc(Cl)cc32)n1.Cl. The van der Waals surface area contributed by atoms with Gasteiger partial charge in [0.25, 0.3) is 0 Å². The first kappa shape index (κ1) is 18.8. The molecule has 0 saturated carbocycles. The van der Waals surface area contributed by atoms with Gasteiger partial charge < -0.3 is 4.74 Å². The number of nitrogens with zero attached hydrogens (tertiary/aromatic N) is 2. The van der Waals surface area contributed by atoms with E-state index < -0.39 is 0 Å². The van der Waals surface area contributed by atoms with E-state index in [-0.39, 0.29) is 18.3 Å². The predicted molar refractivity (Wildman–Crippen MR) is 104 cm³/mol. The van der Waals surface area contributed by atoms with Gasteiger partial charge in [0.05, 0.1) is 12.6 Å². The van der Waals surface area contributed by atoms with Crippen molar-refractivity contribution in [1.29, 1.82) is 5.41 Å². The molecule has 24 heavy (non-hydrogen) atoms. The number of benzene rings is 1. The van der Waals surface area contributed by atoms with Gasteiger partial charge in [-0.1, -0.05) is 31.5 Å². The highest BCUT2D eigenvalue weighted by molar-refractivity contribution is 7.12. The number of halogens is 2. The zero-order valence-electron chi connectivity index (χ0n) is 13.7. The number of fused-ring (bicyclic) bond motifs is 1. The van der Waals surface area contributed by atoms with E-state index in [9.17, 15) is 0 Å². The van der Waals surface area contributed by atoms with Gasteiger partial charge in [-0.3, -0.25) is 9.98 Å². The van der Waals surface area contributed by atoms with Crippen LogP contribution in [0.1, 0.15) is 25.1 Å². The van der Waals surface area contributed by atoms with E-state index in [1.165, 1.54) is 29.4 Å². The Bertz CT molecular complexity index is 870. The summed E-state index contributed by atoms with van der Waals surface area (Å²) < 4.78 is 7.00. The number of methoxy groups -OCH3 is 1. The molecule has 3 rings (SSSR count). The Labute approximate surface area is 156 Å². The van der Waals surface area contributed by atoms with E-state index in [1.54, 1.807) is 0 Å². The topological polar surface area (TPSA) is 50.9 Å². The number of ether oxygens (including phenoxy) is 1. The number of hydrogen-bond acceptors (Lipinski definition) is 4. The molecule has 0 saturated heterocycles. The molecule has 3 aromatic rings. The van der Waals surface area contributed by atoms with Crippen LogP contribution in [-0.2, 0) is 11.2 Å². The molecule has 1 N–H and O–H groups in total. The molecule has 7 heteroatoms. The minimum absolute atomic E-state index is 0. The lowest BCUT2D eigenvalue weighted by molar-refractivity contribution is 0.400. The lowest BCUT2D eigenvalue weighted by Crippen LogP contribution is -2.02. The maximum atomic E-state index is 7.74. The van der Waals surface area contributed by atoms with E-state index in [0.29, 0.717) is 16.6 Å². The summed E-state index contributed by atoms with van der Waals surface area (Å²) in [5.41, 5.74) is 2.87. The summed E-state index contributed by atoms with van der Waals surface area (Å²) in [6.07, 6.45) is 3.12. The molecule has 0 atom stereocenters. The Morgan fingerprint density at radius 3 is 2.83 bits per heavy atom. The quantitative estimate of drug-likeness (QED) is 0.488. The fourth-order valence-corrected chi connectivity index (χ4v) is 3.57. The average molecular weight is 384 g/mol. The number of thiazole rings is 1. The molecular weight excluding hydrogens is 365 g/mol. The zero-order chi connectivity index (χ0) is 16.6. The van der Waals surface area contributed by atoms with Crippen LogP contribution in [0.3, 0.4) is 0 Å². The van der Waals surface area contributed by atoms with Crippen molar-refractivity contribution in [2.75, 3.05) is 7.11 Å². The fourth-order valence-electron chi connectivity index (χ4n) is 2.62. The van der Waals surface area contributed by atoms with Crippen LogP contribution in [0.15, 0.2) is 29.8 Å². The second-order valence-electron chi connectivity index (χ2n) is 5.83. The van der Waals surface area contributed by atoms with Gasteiger partial charge in [0, 0.05) is 22.0 Å². The van der Waals surface area contributed by atoms with Gasteiger partial charge in [-0.25, -0.2) is 4.98 Å². The van der Waals surface area contributed by atoms with Gasteiger partial charge in [0.2, 0.25) is 5.90 Å². The summed E-state index contributed by atoms with van der Waals surface area (Å²) in [6.45, 7) is 4.42. The minimum Gasteiger partial charge on any atom is -0.480 e. The average Bonchev–Trinajstić information content (AvgIpc) is 3.11. The first-order chi connectivity index (χ1) is 11.0. The van der Waals surface area contributed by atoms with E-state index >= 15 is 0 Å². The molecule has 0 aliphatic heterocycles. The molecule has 0 fully saturated rings. The Balaban J connectivity index is 0.00000208. The number of nitrogens with one attached hydrogen (secondary N) is 1. The molecular formula is C17H19Cl2N3OS. The van der Waals surface area contributed by atoms with Crippen molar-refractivity contribution in [3.63, 3.8) is 0 Å². The summed E-state index contributed by atoms with van der Waals surface area (Å²) in [4.78, 5) is 4.51. The normalized spacial score (nSPS) is 10.9. The molecule has 0 radical (unpaired) electrons. The molecule has 1 aromatic carbocycles. The molecule has 0 amide bonds. The molecule has 2 heterocycles. The fraction of sp³-hybridized carbons (Fsp3) is 0.294. The highest BCUT2D eigenvalue weighted by Gasteiger charge is 2.15. The van der Waals surface area contributed by atoms with E-state index in [4.69, 9.17) is 21.7 Å². The molecule has 0 spiro atoms. The van der Waals surface area contributed by atoms with Crippen LogP contribution in [0.4, 0.5) is 0 Å². The number of rotatable bonds is 4. The first-order valence-electron chi connectivity index (χ1n) is 7.38. The summed E-state index contributed by atoms with van der Waals surface area (Å²) in [6, 6.07) is 5.95. The summed E-state index contributed by atoms with van der Waals surface area (Å²) in [5, 5.41) is 12.3. The van der Waals surface area contributed by atoms with Crippen molar-refractivity contribution >= 4 is 52.1 Å². The van der Waals surface area contributed by atoms with Crippen LogP contribution >= 0.6 is 35.3 Å². The van der Waals surface area contributed by atoms with Gasteiger partial charge in [-0.05, 0) is 30.0 Å². The van der Waals surface area contributed by atoms with Crippen LogP contribution in [0.2, 0.25) is 5.02 Å². The standard InChI is InChI=1S/C17H18ClN3OS.ClH/c1-10(2)6-11-8-21(15-7-12(18)4-5-13(11)15)17-20-14(9-23-17)16(19)22-3;/h4-5,7-10,19H,6H2,1-3H3;1H. The smallest absolute Gasteiger partial charge is 0.233 e. The highest BCUT2D eigenvalue weighted by atomic mass is 35.5. The molecule has 4 nitrogen and oxygen atoms in total. The lowest BCUT2D eigenvalue weighted by Gasteiger charge is -2.02. The van der Waals surface area contributed by atoms with Crippen LogP contribution in [-0.4, -0.2) is 22.6 Å². The van der Waals surface area contributed by atoms with Crippen molar-refractivity contribution in [1.82, 2.24) is 9.55 Å². The molecule has 0 aliphatic carbocycles. The number of aromatic nitrogens is 2. The molecule has 0 aliphatic rings. The highest BCUT2D eigenvalue weighted by Crippen LogP contribution is 2.30. The molecule has 0 unspecified atom stereocenters. The van der Waals surface area contributed by atoms with Gasteiger partial charge in [-0.15, -0.1) is 23.7 Å². The Kier molecular flexibility index (Phi) is 5.91.